The van der Waals surface area contributed by atoms with Gasteiger partial charge in [-0.3, -0.25) is 9.69 Å². The van der Waals surface area contributed by atoms with Gasteiger partial charge in [0, 0.05) is 19.0 Å². The third-order valence-electron chi connectivity index (χ3n) is 2.79. The highest BCUT2D eigenvalue weighted by Crippen LogP contribution is 2.14. The molecule has 1 saturated heterocycles. The van der Waals surface area contributed by atoms with Crippen LogP contribution in [0.2, 0.25) is 0 Å². The fourth-order valence-electron chi connectivity index (χ4n) is 1.64. The van der Waals surface area contributed by atoms with Gasteiger partial charge >= 0.3 is 6.03 Å². The fourth-order valence-corrected chi connectivity index (χ4v) is 1.64. The SMILES string of the molecule is CCCCN1C(=O)CC(C(C)C)NC1=O. The third-order valence-corrected chi connectivity index (χ3v) is 2.79. The minimum absolute atomic E-state index is 0.00266. The minimum atomic E-state index is -0.224. The molecule has 1 heterocycles. The molecule has 0 aromatic rings. The second-order valence-corrected chi connectivity index (χ2v) is 4.40. The van der Waals surface area contributed by atoms with E-state index >= 15 is 0 Å². The van der Waals surface area contributed by atoms with Gasteiger partial charge in [-0.1, -0.05) is 27.2 Å². The molecule has 0 spiro atoms. The molecule has 1 N–H and O–H groups in total. The van der Waals surface area contributed by atoms with Crippen molar-refractivity contribution in [3.63, 3.8) is 0 Å². The summed E-state index contributed by atoms with van der Waals surface area (Å²) in [4.78, 5) is 24.6. The fraction of sp³-hybridized carbons (Fsp3) is 0.818. The normalized spacial score (nSPS) is 22.1. The highest BCUT2D eigenvalue weighted by Gasteiger charge is 2.32. The summed E-state index contributed by atoms with van der Waals surface area (Å²) in [7, 11) is 0. The first-order valence-electron chi connectivity index (χ1n) is 5.67. The number of amides is 3. The van der Waals surface area contributed by atoms with Crippen molar-refractivity contribution in [2.75, 3.05) is 6.54 Å². The number of urea groups is 1. The zero-order valence-electron chi connectivity index (χ0n) is 9.75. The molecule has 86 valence electrons. The van der Waals surface area contributed by atoms with Crippen LogP contribution in [-0.2, 0) is 4.79 Å². The average Bonchev–Trinajstić information content (AvgIpc) is 2.16. The van der Waals surface area contributed by atoms with E-state index in [1.54, 1.807) is 0 Å². The van der Waals surface area contributed by atoms with Crippen molar-refractivity contribution in [2.45, 2.75) is 46.1 Å². The molecule has 0 radical (unpaired) electrons. The van der Waals surface area contributed by atoms with Crippen LogP contribution < -0.4 is 5.32 Å². The van der Waals surface area contributed by atoms with Crippen molar-refractivity contribution in [3.05, 3.63) is 0 Å². The Hall–Kier alpha value is -1.06. The maximum atomic E-state index is 11.7. The molecule has 1 aliphatic heterocycles. The van der Waals surface area contributed by atoms with E-state index in [1.807, 2.05) is 20.8 Å². The molecule has 0 aromatic carbocycles. The number of carbonyl (C=O) groups excluding carboxylic acids is 2. The molecule has 1 aliphatic rings. The van der Waals surface area contributed by atoms with E-state index in [1.165, 1.54) is 4.90 Å². The van der Waals surface area contributed by atoms with Gasteiger partial charge in [-0.05, 0) is 12.3 Å². The molecule has 3 amide bonds. The number of carbonyl (C=O) groups is 2. The Morgan fingerprint density at radius 2 is 2.13 bits per heavy atom. The molecule has 0 aromatic heterocycles. The topological polar surface area (TPSA) is 49.4 Å². The Kier molecular flexibility index (Phi) is 4.12. The van der Waals surface area contributed by atoms with Crippen LogP contribution in [0.5, 0.6) is 0 Å². The molecule has 1 rings (SSSR count). The van der Waals surface area contributed by atoms with Gasteiger partial charge in [0.2, 0.25) is 5.91 Å². The highest BCUT2D eigenvalue weighted by atomic mass is 16.2. The van der Waals surface area contributed by atoms with E-state index in [4.69, 9.17) is 0 Å². The van der Waals surface area contributed by atoms with Gasteiger partial charge in [-0.2, -0.15) is 0 Å². The molecule has 1 atom stereocenters. The van der Waals surface area contributed by atoms with Crippen molar-refractivity contribution in [2.24, 2.45) is 5.92 Å². The van der Waals surface area contributed by atoms with Gasteiger partial charge in [0.1, 0.15) is 0 Å². The molecule has 1 fully saturated rings. The van der Waals surface area contributed by atoms with E-state index in [0.717, 1.165) is 12.8 Å². The Bertz CT molecular complexity index is 233. The predicted molar refractivity (Wildman–Crippen MR) is 58.4 cm³/mol. The lowest BCUT2D eigenvalue weighted by Gasteiger charge is -2.33. The van der Waals surface area contributed by atoms with E-state index < -0.39 is 0 Å². The maximum Gasteiger partial charge on any atom is 0.324 e. The molecule has 4 heteroatoms. The number of nitrogens with zero attached hydrogens (tertiary/aromatic N) is 1. The van der Waals surface area contributed by atoms with Crippen LogP contribution in [0.25, 0.3) is 0 Å². The standard InChI is InChI=1S/C11H20N2O2/c1-4-5-6-13-10(14)7-9(8(2)3)12-11(13)15/h8-9H,4-7H2,1-3H3,(H,12,15). The molecule has 4 nitrogen and oxygen atoms in total. The molecule has 0 bridgehead atoms. The van der Waals surface area contributed by atoms with Gasteiger partial charge in [0.15, 0.2) is 0 Å². The number of unbranched alkanes of at least 4 members (excludes halogenated alkanes) is 1. The van der Waals surface area contributed by atoms with Crippen molar-refractivity contribution in [3.8, 4) is 0 Å². The van der Waals surface area contributed by atoms with Gasteiger partial charge in [0.25, 0.3) is 0 Å². The molecule has 15 heavy (non-hydrogen) atoms. The lowest BCUT2D eigenvalue weighted by Crippen LogP contribution is -2.56. The summed E-state index contributed by atoms with van der Waals surface area (Å²) < 4.78 is 0. The van der Waals surface area contributed by atoms with Crippen molar-refractivity contribution in [1.82, 2.24) is 10.2 Å². The monoisotopic (exact) mass is 212 g/mol. The van der Waals surface area contributed by atoms with Gasteiger partial charge < -0.3 is 5.32 Å². The molecular weight excluding hydrogens is 192 g/mol. The van der Waals surface area contributed by atoms with Gasteiger partial charge in [0.05, 0.1) is 0 Å². The Morgan fingerprint density at radius 3 is 2.60 bits per heavy atom. The average molecular weight is 212 g/mol. The summed E-state index contributed by atoms with van der Waals surface area (Å²) in [5, 5.41) is 2.87. The first-order chi connectivity index (χ1) is 7.06. The number of imide groups is 1. The third kappa shape index (κ3) is 2.94. The Labute approximate surface area is 91.0 Å². The summed E-state index contributed by atoms with van der Waals surface area (Å²) >= 11 is 0. The van der Waals surface area contributed by atoms with Crippen LogP contribution in [0.3, 0.4) is 0 Å². The van der Waals surface area contributed by atoms with Gasteiger partial charge in [-0.25, -0.2) is 4.79 Å². The summed E-state index contributed by atoms with van der Waals surface area (Å²) in [6.45, 7) is 6.62. The summed E-state index contributed by atoms with van der Waals surface area (Å²) in [5.74, 6) is 0.275. The Balaban J connectivity index is 2.57. The number of nitrogens with one attached hydrogen (secondary N) is 1. The minimum Gasteiger partial charge on any atom is -0.334 e. The Morgan fingerprint density at radius 1 is 1.47 bits per heavy atom. The molecular formula is C11H20N2O2. The van der Waals surface area contributed by atoms with E-state index in [0.29, 0.717) is 18.9 Å². The van der Waals surface area contributed by atoms with Crippen LogP contribution in [0.15, 0.2) is 0 Å². The van der Waals surface area contributed by atoms with E-state index in [-0.39, 0.29) is 18.0 Å². The van der Waals surface area contributed by atoms with Crippen LogP contribution >= 0.6 is 0 Å². The lowest BCUT2D eigenvalue weighted by atomic mass is 9.99. The zero-order valence-corrected chi connectivity index (χ0v) is 9.75. The van der Waals surface area contributed by atoms with Gasteiger partial charge in [-0.15, -0.1) is 0 Å². The largest absolute Gasteiger partial charge is 0.334 e. The summed E-state index contributed by atoms with van der Waals surface area (Å²) in [5.41, 5.74) is 0. The van der Waals surface area contributed by atoms with Crippen molar-refractivity contribution >= 4 is 11.9 Å². The lowest BCUT2D eigenvalue weighted by molar-refractivity contribution is -0.130. The van der Waals surface area contributed by atoms with E-state index in [2.05, 4.69) is 5.32 Å². The van der Waals surface area contributed by atoms with E-state index in [9.17, 15) is 9.59 Å². The number of hydrogen-bond acceptors (Lipinski definition) is 2. The van der Waals surface area contributed by atoms with Crippen LogP contribution in [0.1, 0.15) is 40.0 Å². The van der Waals surface area contributed by atoms with Crippen LogP contribution in [0, 0.1) is 5.92 Å². The number of rotatable bonds is 4. The first kappa shape index (κ1) is 12.0. The van der Waals surface area contributed by atoms with Crippen molar-refractivity contribution < 1.29 is 9.59 Å². The molecule has 0 saturated carbocycles. The highest BCUT2D eigenvalue weighted by molar-refractivity contribution is 5.97. The summed E-state index contributed by atoms with van der Waals surface area (Å²) in [6.07, 6.45) is 2.31. The zero-order chi connectivity index (χ0) is 11.4. The first-order valence-corrected chi connectivity index (χ1v) is 5.67. The molecule has 1 unspecified atom stereocenters. The van der Waals surface area contributed by atoms with Crippen LogP contribution in [-0.4, -0.2) is 29.4 Å². The predicted octanol–water partition coefficient (Wildman–Crippen LogP) is 1.75. The maximum absolute atomic E-state index is 11.7. The smallest absolute Gasteiger partial charge is 0.324 e. The molecule has 0 aliphatic carbocycles. The summed E-state index contributed by atoms with van der Waals surface area (Å²) in [6, 6.07) is -0.221. The van der Waals surface area contributed by atoms with Crippen LogP contribution in [0.4, 0.5) is 4.79 Å². The quantitative estimate of drug-likeness (QED) is 0.771. The second kappa shape index (κ2) is 5.14. The van der Waals surface area contributed by atoms with Crippen molar-refractivity contribution in [1.29, 1.82) is 0 Å². The second-order valence-electron chi connectivity index (χ2n) is 4.40. The number of hydrogen-bond donors (Lipinski definition) is 1.